The Kier molecular flexibility index (Phi) is 14.0. The van der Waals surface area contributed by atoms with E-state index in [0.717, 1.165) is 106 Å². The molecule has 0 fully saturated rings. The summed E-state index contributed by atoms with van der Waals surface area (Å²) in [5, 5.41) is 6.91. The Balaban J connectivity index is 0.000000139. The molecular formula is C92H58N6O2. The molecule has 8 heteroatoms. The van der Waals surface area contributed by atoms with Gasteiger partial charge in [0.25, 0.3) is 0 Å². The molecule has 0 aliphatic heterocycles. The third-order valence-corrected chi connectivity index (χ3v) is 19.3. The van der Waals surface area contributed by atoms with Gasteiger partial charge in [0.05, 0.1) is 22.1 Å². The fourth-order valence-corrected chi connectivity index (χ4v) is 14.5. The van der Waals surface area contributed by atoms with Crippen molar-refractivity contribution in [1.29, 1.82) is 0 Å². The second-order valence-corrected chi connectivity index (χ2v) is 25.2. The highest BCUT2D eigenvalue weighted by atomic mass is 16.3. The number of fused-ring (bicyclic) bond motifs is 12. The molecule has 6 heterocycles. The average Bonchev–Trinajstić information content (AvgIpc) is 1.60. The van der Waals surface area contributed by atoms with Gasteiger partial charge < -0.3 is 18.0 Å². The lowest BCUT2D eigenvalue weighted by Gasteiger charge is -2.10. The van der Waals surface area contributed by atoms with Gasteiger partial charge in [0.1, 0.15) is 33.6 Å². The number of nitrogens with zero attached hydrogens (tertiary/aromatic N) is 6. The van der Waals surface area contributed by atoms with Crippen molar-refractivity contribution in [2.24, 2.45) is 0 Å². The lowest BCUT2D eigenvalue weighted by molar-refractivity contribution is 0.668. The zero-order valence-corrected chi connectivity index (χ0v) is 54.0. The van der Waals surface area contributed by atoms with E-state index in [9.17, 15) is 0 Å². The molecule has 0 spiro atoms. The first-order chi connectivity index (χ1) is 49.6. The van der Waals surface area contributed by atoms with Crippen molar-refractivity contribution in [3.63, 3.8) is 0 Å². The van der Waals surface area contributed by atoms with Gasteiger partial charge in [-0.3, -0.25) is 0 Å². The number of furan rings is 2. The molecule has 14 aromatic carbocycles. The van der Waals surface area contributed by atoms with Crippen molar-refractivity contribution in [1.82, 2.24) is 29.1 Å². The van der Waals surface area contributed by atoms with Gasteiger partial charge in [-0.1, -0.05) is 285 Å². The Morgan fingerprint density at radius 2 is 0.510 bits per heavy atom. The van der Waals surface area contributed by atoms with E-state index in [4.69, 9.17) is 28.8 Å². The first-order valence-corrected chi connectivity index (χ1v) is 33.7. The summed E-state index contributed by atoms with van der Waals surface area (Å²) in [6, 6.07) is 123. The molecule has 8 nitrogen and oxygen atoms in total. The van der Waals surface area contributed by atoms with Crippen LogP contribution >= 0.6 is 0 Å². The fourth-order valence-electron chi connectivity index (χ4n) is 14.5. The molecule has 0 saturated carbocycles. The zero-order valence-electron chi connectivity index (χ0n) is 54.0. The molecule has 0 bridgehead atoms. The molecule has 20 aromatic rings. The van der Waals surface area contributed by atoms with Gasteiger partial charge in [-0.25, -0.2) is 19.9 Å². The summed E-state index contributed by atoms with van der Waals surface area (Å²) in [6.07, 6.45) is 0. The van der Waals surface area contributed by atoms with Crippen LogP contribution in [0.5, 0.6) is 0 Å². The Morgan fingerprint density at radius 1 is 0.200 bits per heavy atom. The maximum Gasteiger partial charge on any atom is 0.180 e. The normalized spacial score (nSPS) is 11.6. The summed E-state index contributed by atoms with van der Waals surface area (Å²) in [5.74, 6) is 1.35. The van der Waals surface area contributed by atoms with E-state index in [1.54, 1.807) is 0 Å². The predicted octanol–water partition coefficient (Wildman–Crippen LogP) is 24.3. The summed E-state index contributed by atoms with van der Waals surface area (Å²) in [7, 11) is 0. The lowest BCUT2D eigenvalue weighted by Crippen LogP contribution is -1.93. The number of para-hydroxylation sites is 5. The van der Waals surface area contributed by atoms with Crippen molar-refractivity contribution in [3.8, 4) is 101 Å². The molecule has 0 atom stereocenters. The second kappa shape index (κ2) is 24.3. The third kappa shape index (κ3) is 10.0. The highest BCUT2D eigenvalue weighted by molar-refractivity contribution is 6.14. The molecule has 0 radical (unpaired) electrons. The van der Waals surface area contributed by atoms with Gasteiger partial charge in [0.2, 0.25) is 0 Å². The Bertz CT molecular complexity index is 6410. The van der Waals surface area contributed by atoms with Crippen molar-refractivity contribution >= 4 is 87.7 Å². The first kappa shape index (κ1) is 57.9. The van der Waals surface area contributed by atoms with E-state index in [0.29, 0.717) is 22.8 Å². The Hall–Kier alpha value is -13.6. The van der Waals surface area contributed by atoms with Crippen LogP contribution < -0.4 is 0 Å². The number of hydrogen-bond donors (Lipinski definition) is 0. The first-order valence-electron chi connectivity index (χ1n) is 33.7. The van der Waals surface area contributed by atoms with E-state index >= 15 is 0 Å². The SMILES string of the molecule is c1ccc(-c2ccc(-c3nc(-c4ccccc4)nc4c3oc3c(-c5ccc(-n6c7ccccc7c7ccccc76)cc5)cccc34)cc2)cc1.c1ccc(-c2ccc3c(c2)c2ccccc2n3-c2ccc(-c3cccc4c3oc3c(-c5ccccc5)nc(-c5ccccc5)nc34)cc2)cc1. The van der Waals surface area contributed by atoms with Gasteiger partial charge >= 0.3 is 0 Å². The van der Waals surface area contributed by atoms with Crippen LogP contribution in [0.15, 0.2) is 361 Å². The number of benzene rings is 14. The van der Waals surface area contributed by atoms with Gasteiger partial charge in [-0.15, -0.1) is 0 Å². The molecule has 0 unspecified atom stereocenters. The minimum atomic E-state index is 0.670. The average molecular weight is 1280 g/mol. The van der Waals surface area contributed by atoms with Gasteiger partial charge in [0.15, 0.2) is 22.8 Å². The molecule has 0 N–H and O–H groups in total. The van der Waals surface area contributed by atoms with Gasteiger partial charge in [-0.2, -0.15) is 0 Å². The fraction of sp³-hybridized carbons (Fsp3) is 0. The molecule has 0 aliphatic carbocycles. The summed E-state index contributed by atoms with van der Waals surface area (Å²) < 4.78 is 18.3. The molecule has 100 heavy (non-hydrogen) atoms. The summed E-state index contributed by atoms with van der Waals surface area (Å²) >= 11 is 0. The number of aromatic nitrogens is 6. The predicted molar refractivity (Wildman–Crippen MR) is 411 cm³/mol. The van der Waals surface area contributed by atoms with Crippen LogP contribution in [0.25, 0.3) is 189 Å². The van der Waals surface area contributed by atoms with Crippen LogP contribution in [0.1, 0.15) is 0 Å². The Morgan fingerprint density at radius 3 is 0.950 bits per heavy atom. The minimum absolute atomic E-state index is 0.670. The van der Waals surface area contributed by atoms with E-state index < -0.39 is 0 Å². The lowest BCUT2D eigenvalue weighted by atomic mass is 10.0. The highest BCUT2D eigenvalue weighted by Gasteiger charge is 2.24. The van der Waals surface area contributed by atoms with Gasteiger partial charge in [0, 0.05) is 77.1 Å². The van der Waals surface area contributed by atoms with Crippen molar-refractivity contribution in [3.05, 3.63) is 352 Å². The highest BCUT2D eigenvalue weighted by Crippen LogP contribution is 2.44. The maximum atomic E-state index is 6.82. The number of hydrogen-bond acceptors (Lipinski definition) is 6. The largest absolute Gasteiger partial charge is 0.451 e. The van der Waals surface area contributed by atoms with E-state index in [1.165, 1.54) is 60.3 Å². The molecule has 20 rings (SSSR count). The van der Waals surface area contributed by atoms with Crippen molar-refractivity contribution < 1.29 is 8.83 Å². The zero-order chi connectivity index (χ0) is 66.0. The van der Waals surface area contributed by atoms with Crippen LogP contribution in [-0.4, -0.2) is 29.1 Å². The second-order valence-electron chi connectivity index (χ2n) is 25.2. The van der Waals surface area contributed by atoms with Crippen LogP contribution in [0.2, 0.25) is 0 Å². The number of rotatable bonds is 10. The van der Waals surface area contributed by atoms with Gasteiger partial charge in [-0.05, 0) is 100 Å². The molecular weight excluding hydrogens is 1220 g/mol. The maximum absolute atomic E-state index is 6.82. The minimum Gasteiger partial charge on any atom is -0.451 e. The quantitative estimate of drug-likeness (QED) is 0.136. The standard InChI is InChI=1S/2C46H29N3O/c1-4-13-30(14-5-1)34-25-28-41-39(29-34)37-19-10-11-22-40(37)49(41)35-26-23-31(24-27-35)36-20-12-21-38-43-45(50-44(36)38)42(32-15-6-2-7-16-32)47-46(48-43)33-17-8-3-9-18-33;1-3-12-30(13-4-1)31-22-24-33(25-23-31)42-45-43(48-46(47-42)34-14-5-2-6-15-34)39-19-11-18-36(44(39)50-45)32-26-28-35(29-27-32)49-40-20-9-7-16-37(40)38-17-8-10-21-41(38)49/h2*1-29H. The molecule has 0 amide bonds. The van der Waals surface area contributed by atoms with Crippen molar-refractivity contribution in [2.75, 3.05) is 0 Å². The molecule has 468 valence electrons. The third-order valence-electron chi connectivity index (χ3n) is 19.3. The van der Waals surface area contributed by atoms with E-state index in [-0.39, 0.29) is 0 Å². The van der Waals surface area contributed by atoms with Crippen LogP contribution in [0, 0.1) is 0 Å². The van der Waals surface area contributed by atoms with Crippen LogP contribution in [-0.2, 0) is 0 Å². The Labute approximate surface area is 575 Å². The summed E-state index contributed by atoms with van der Waals surface area (Å²) in [6.45, 7) is 0. The van der Waals surface area contributed by atoms with Crippen LogP contribution in [0.3, 0.4) is 0 Å². The van der Waals surface area contributed by atoms with E-state index in [1.807, 2.05) is 72.8 Å². The van der Waals surface area contributed by atoms with E-state index in [2.05, 4.69) is 288 Å². The molecule has 0 aliphatic rings. The molecule has 6 aromatic heterocycles. The van der Waals surface area contributed by atoms with Crippen molar-refractivity contribution in [2.45, 2.75) is 0 Å². The monoisotopic (exact) mass is 1280 g/mol. The smallest absolute Gasteiger partial charge is 0.180 e. The topological polar surface area (TPSA) is 87.7 Å². The molecule has 0 saturated heterocycles. The summed E-state index contributed by atoms with van der Waals surface area (Å²) in [5.41, 5.74) is 25.9. The summed E-state index contributed by atoms with van der Waals surface area (Å²) in [4.78, 5) is 20.4. The van der Waals surface area contributed by atoms with Crippen LogP contribution in [0.4, 0.5) is 0 Å².